The lowest BCUT2D eigenvalue weighted by Crippen LogP contribution is -2.30. The number of nitrogens with one attached hydrogen (secondary N) is 1. The fourth-order valence-corrected chi connectivity index (χ4v) is 4.05. The van der Waals surface area contributed by atoms with Crippen molar-refractivity contribution in [1.29, 1.82) is 0 Å². The molecule has 3 rings (SSSR count). The molecule has 4 nitrogen and oxygen atoms in total. The molecule has 1 saturated heterocycles. The minimum Gasteiger partial charge on any atom is -0.466 e. The highest BCUT2D eigenvalue weighted by molar-refractivity contribution is 5.72. The summed E-state index contributed by atoms with van der Waals surface area (Å²) in [6.07, 6.45) is 8.02. The maximum absolute atomic E-state index is 11.8. The molecule has 1 aromatic carbocycles. The van der Waals surface area contributed by atoms with Crippen LogP contribution < -0.4 is 5.32 Å². The predicted molar refractivity (Wildman–Crippen MR) is 102 cm³/mol. The van der Waals surface area contributed by atoms with E-state index in [0.29, 0.717) is 12.6 Å². The van der Waals surface area contributed by atoms with Crippen molar-refractivity contribution in [2.45, 2.75) is 64.5 Å². The van der Waals surface area contributed by atoms with Crippen LogP contribution in [0.25, 0.3) is 0 Å². The topological polar surface area (TPSA) is 41.6 Å². The lowest BCUT2D eigenvalue weighted by atomic mass is 9.86. The second kappa shape index (κ2) is 9.23. The first-order valence-electron chi connectivity index (χ1n) is 9.99. The van der Waals surface area contributed by atoms with Gasteiger partial charge in [-0.3, -0.25) is 9.69 Å². The van der Waals surface area contributed by atoms with Gasteiger partial charge in [-0.05, 0) is 76.2 Å². The summed E-state index contributed by atoms with van der Waals surface area (Å²) < 4.78 is 5.15. The Labute approximate surface area is 151 Å². The van der Waals surface area contributed by atoms with Crippen LogP contribution in [0.1, 0.15) is 57.4 Å². The van der Waals surface area contributed by atoms with Gasteiger partial charge in [-0.1, -0.05) is 18.6 Å². The van der Waals surface area contributed by atoms with Crippen molar-refractivity contribution in [2.75, 3.05) is 25.0 Å². The standard InChI is InChI=1S/C21H32N2O2/c1-2-25-21(24)18-8-12-20(13-9-18)22-19-10-6-17(7-11-19)16-23-14-4-3-5-15-23/h6-7,10-11,18,20,22H,2-5,8-9,12-16H2,1H3/t18-,20-. The summed E-state index contributed by atoms with van der Waals surface area (Å²) in [7, 11) is 0. The summed E-state index contributed by atoms with van der Waals surface area (Å²) in [6, 6.07) is 9.38. The molecule has 0 aromatic heterocycles. The van der Waals surface area contributed by atoms with Crippen LogP contribution in [-0.4, -0.2) is 36.6 Å². The van der Waals surface area contributed by atoms with E-state index in [4.69, 9.17) is 4.74 Å². The van der Waals surface area contributed by atoms with Crippen molar-refractivity contribution >= 4 is 11.7 Å². The maximum atomic E-state index is 11.8. The maximum Gasteiger partial charge on any atom is 0.308 e. The van der Waals surface area contributed by atoms with E-state index >= 15 is 0 Å². The Bertz CT molecular complexity index is 529. The summed E-state index contributed by atoms with van der Waals surface area (Å²) in [5.74, 6) is 0.0907. The van der Waals surface area contributed by atoms with Crippen LogP contribution in [0.5, 0.6) is 0 Å². The van der Waals surface area contributed by atoms with E-state index in [1.165, 1.54) is 43.6 Å². The molecule has 0 amide bonds. The van der Waals surface area contributed by atoms with Crippen LogP contribution in [0, 0.1) is 5.92 Å². The van der Waals surface area contributed by atoms with Crippen LogP contribution >= 0.6 is 0 Å². The van der Waals surface area contributed by atoms with Gasteiger partial charge in [0.15, 0.2) is 0 Å². The first-order valence-corrected chi connectivity index (χ1v) is 9.99. The molecule has 1 aliphatic carbocycles. The van der Waals surface area contributed by atoms with Gasteiger partial charge >= 0.3 is 5.97 Å². The molecule has 0 radical (unpaired) electrons. The van der Waals surface area contributed by atoms with Gasteiger partial charge in [-0.25, -0.2) is 0 Å². The lowest BCUT2D eigenvalue weighted by molar-refractivity contribution is -0.149. The summed E-state index contributed by atoms with van der Waals surface area (Å²) in [5, 5.41) is 3.64. The SMILES string of the molecule is CCOC(=O)[C@H]1CC[C@H](Nc2ccc(CN3CCCCC3)cc2)CC1. The molecule has 1 saturated carbocycles. The molecule has 0 atom stereocenters. The van der Waals surface area contributed by atoms with Gasteiger partial charge in [0.25, 0.3) is 0 Å². The van der Waals surface area contributed by atoms with Crippen LogP contribution in [0.4, 0.5) is 5.69 Å². The highest BCUT2D eigenvalue weighted by Gasteiger charge is 2.27. The van der Waals surface area contributed by atoms with E-state index in [2.05, 4.69) is 34.5 Å². The molecule has 0 bridgehead atoms. The molecule has 1 N–H and O–H groups in total. The number of rotatable bonds is 6. The van der Waals surface area contributed by atoms with E-state index in [9.17, 15) is 4.79 Å². The highest BCUT2D eigenvalue weighted by Crippen LogP contribution is 2.27. The average Bonchev–Trinajstić information content (AvgIpc) is 2.65. The number of ether oxygens (including phenoxy) is 1. The third-order valence-electron chi connectivity index (χ3n) is 5.53. The summed E-state index contributed by atoms with van der Waals surface area (Å²) >= 11 is 0. The summed E-state index contributed by atoms with van der Waals surface area (Å²) in [5.41, 5.74) is 2.60. The Morgan fingerprint density at radius 3 is 2.40 bits per heavy atom. The molecule has 138 valence electrons. The number of carbonyl (C=O) groups excluding carboxylic acids is 1. The molecule has 2 aliphatic rings. The van der Waals surface area contributed by atoms with Crippen LogP contribution in [0.3, 0.4) is 0 Å². The number of nitrogens with zero attached hydrogens (tertiary/aromatic N) is 1. The van der Waals surface area contributed by atoms with Crippen LogP contribution in [0.15, 0.2) is 24.3 Å². The third kappa shape index (κ3) is 5.46. The minimum atomic E-state index is -0.0111. The number of benzene rings is 1. The normalized spacial score (nSPS) is 24.7. The Morgan fingerprint density at radius 2 is 1.76 bits per heavy atom. The molecule has 25 heavy (non-hydrogen) atoms. The third-order valence-corrected chi connectivity index (χ3v) is 5.53. The van der Waals surface area contributed by atoms with Gasteiger partial charge in [-0.15, -0.1) is 0 Å². The van der Waals surface area contributed by atoms with Gasteiger partial charge in [0, 0.05) is 18.3 Å². The average molecular weight is 344 g/mol. The van der Waals surface area contributed by atoms with Gasteiger partial charge in [0.2, 0.25) is 0 Å². The summed E-state index contributed by atoms with van der Waals surface area (Å²) in [6.45, 7) is 5.92. The number of anilines is 1. The smallest absolute Gasteiger partial charge is 0.308 e. The van der Waals surface area contributed by atoms with E-state index in [-0.39, 0.29) is 11.9 Å². The number of hydrogen-bond acceptors (Lipinski definition) is 4. The first kappa shape index (κ1) is 18.2. The van der Waals surface area contributed by atoms with Gasteiger partial charge in [0.05, 0.1) is 12.5 Å². The van der Waals surface area contributed by atoms with Crippen LogP contribution in [-0.2, 0) is 16.1 Å². The first-order chi connectivity index (χ1) is 12.2. The molecule has 1 aromatic rings. The highest BCUT2D eigenvalue weighted by atomic mass is 16.5. The monoisotopic (exact) mass is 344 g/mol. The molecular weight excluding hydrogens is 312 g/mol. The van der Waals surface area contributed by atoms with Gasteiger partial charge in [-0.2, -0.15) is 0 Å². The van der Waals surface area contributed by atoms with Crippen LogP contribution in [0.2, 0.25) is 0 Å². The molecule has 2 fully saturated rings. The minimum absolute atomic E-state index is 0.0111. The number of esters is 1. The van der Waals surface area contributed by atoms with Gasteiger partial charge < -0.3 is 10.1 Å². The quantitative estimate of drug-likeness (QED) is 0.785. The molecule has 0 spiro atoms. The number of piperidine rings is 1. The second-order valence-electron chi connectivity index (χ2n) is 7.48. The van der Waals surface area contributed by atoms with Crippen molar-refractivity contribution in [3.05, 3.63) is 29.8 Å². The predicted octanol–water partition coefficient (Wildman–Crippen LogP) is 4.21. The number of hydrogen-bond donors (Lipinski definition) is 1. The Hall–Kier alpha value is -1.55. The van der Waals surface area contributed by atoms with Crippen molar-refractivity contribution in [3.8, 4) is 0 Å². The van der Waals surface area contributed by atoms with Crippen molar-refractivity contribution in [2.24, 2.45) is 5.92 Å². The largest absolute Gasteiger partial charge is 0.466 e. The van der Waals surface area contributed by atoms with E-state index in [0.717, 1.165) is 32.2 Å². The molecule has 4 heteroatoms. The molecule has 1 aliphatic heterocycles. The second-order valence-corrected chi connectivity index (χ2v) is 7.48. The zero-order chi connectivity index (χ0) is 17.5. The molecular formula is C21H32N2O2. The van der Waals surface area contributed by atoms with Crippen molar-refractivity contribution in [3.63, 3.8) is 0 Å². The summed E-state index contributed by atoms with van der Waals surface area (Å²) in [4.78, 5) is 14.4. The zero-order valence-corrected chi connectivity index (χ0v) is 15.5. The van der Waals surface area contributed by atoms with Crippen molar-refractivity contribution < 1.29 is 9.53 Å². The van der Waals surface area contributed by atoms with E-state index in [1.54, 1.807) is 0 Å². The fraction of sp³-hybridized carbons (Fsp3) is 0.667. The molecule has 0 unspecified atom stereocenters. The lowest BCUT2D eigenvalue weighted by Gasteiger charge is -2.29. The van der Waals surface area contributed by atoms with E-state index < -0.39 is 0 Å². The Morgan fingerprint density at radius 1 is 1.08 bits per heavy atom. The van der Waals surface area contributed by atoms with Gasteiger partial charge in [0.1, 0.15) is 0 Å². The number of carbonyl (C=O) groups is 1. The Kier molecular flexibility index (Phi) is 6.74. The Balaban J connectivity index is 1.43. The fourth-order valence-electron chi connectivity index (χ4n) is 4.05. The number of likely N-dealkylation sites (tertiary alicyclic amines) is 1. The van der Waals surface area contributed by atoms with E-state index in [1.807, 2.05) is 6.92 Å². The van der Waals surface area contributed by atoms with Crippen molar-refractivity contribution in [1.82, 2.24) is 4.90 Å². The zero-order valence-electron chi connectivity index (χ0n) is 15.5. The molecule has 1 heterocycles.